The van der Waals surface area contributed by atoms with Crippen molar-refractivity contribution in [2.75, 3.05) is 0 Å². The molecule has 0 heterocycles. The first kappa shape index (κ1) is 23.7. The molecule has 36 heavy (non-hydrogen) atoms. The minimum atomic E-state index is -2.45. The van der Waals surface area contributed by atoms with E-state index in [4.69, 9.17) is 0 Å². The second-order valence-corrected chi connectivity index (χ2v) is 7.75. The van der Waals surface area contributed by atoms with Gasteiger partial charge >= 0.3 is 0 Å². The van der Waals surface area contributed by atoms with Crippen LogP contribution in [-0.4, -0.2) is 0 Å². The SMILES string of the molecule is Fc1cc(F)c(F)c(-c2c3ccccc3c(-c3c(F)c(F)c(F)c(F)c3F)c3c(F)cccc23)c1F. The van der Waals surface area contributed by atoms with Crippen molar-refractivity contribution < 1.29 is 43.9 Å². The lowest BCUT2D eigenvalue weighted by atomic mass is 9.85. The molecule has 0 unspecified atom stereocenters. The van der Waals surface area contributed by atoms with Crippen LogP contribution in [0.2, 0.25) is 0 Å². The minimum absolute atomic E-state index is 0.0394. The normalized spacial score (nSPS) is 11.6. The molecule has 5 rings (SSSR count). The van der Waals surface area contributed by atoms with E-state index >= 15 is 4.39 Å². The third kappa shape index (κ3) is 3.16. The van der Waals surface area contributed by atoms with Crippen LogP contribution in [0.5, 0.6) is 0 Å². The Morgan fingerprint density at radius 1 is 0.333 bits per heavy atom. The van der Waals surface area contributed by atoms with Crippen LogP contribution < -0.4 is 0 Å². The highest BCUT2D eigenvalue weighted by atomic mass is 19.2. The summed E-state index contributed by atoms with van der Waals surface area (Å²) < 4.78 is 145. The van der Waals surface area contributed by atoms with Gasteiger partial charge in [0, 0.05) is 22.6 Å². The van der Waals surface area contributed by atoms with Gasteiger partial charge in [-0.1, -0.05) is 36.4 Å². The fourth-order valence-corrected chi connectivity index (χ4v) is 4.33. The summed E-state index contributed by atoms with van der Waals surface area (Å²) in [5, 5.41) is -2.01. The predicted molar refractivity (Wildman–Crippen MR) is 112 cm³/mol. The summed E-state index contributed by atoms with van der Waals surface area (Å²) in [6, 6.07) is 7.52. The molecule has 182 valence electrons. The van der Waals surface area contributed by atoms with Crippen molar-refractivity contribution in [3.63, 3.8) is 0 Å². The van der Waals surface area contributed by atoms with Gasteiger partial charge in [-0.3, -0.25) is 0 Å². The topological polar surface area (TPSA) is 0 Å². The molecule has 0 N–H and O–H groups in total. The first-order valence-corrected chi connectivity index (χ1v) is 10.0. The Hall–Kier alpha value is -4.08. The smallest absolute Gasteiger partial charge is 0.200 e. The highest BCUT2D eigenvalue weighted by Crippen LogP contribution is 2.47. The van der Waals surface area contributed by atoms with Crippen molar-refractivity contribution in [2.45, 2.75) is 0 Å². The fraction of sp³-hybridized carbons (Fsp3) is 0. The molecule has 10 heteroatoms. The lowest BCUT2D eigenvalue weighted by Gasteiger charge is -2.20. The van der Waals surface area contributed by atoms with Crippen LogP contribution in [0.3, 0.4) is 0 Å². The van der Waals surface area contributed by atoms with E-state index in [1.807, 2.05) is 0 Å². The molecule has 5 aromatic rings. The number of hydrogen-bond acceptors (Lipinski definition) is 0. The molecule has 0 aliphatic rings. The van der Waals surface area contributed by atoms with E-state index in [-0.39, 0.29) is 11.5 Å². The third-order valence-corrected chi connectivity index (χ3v) is 5.82. The van der Waals surface area contributed by atoms with E-state index < -0.39 is 96.6 Å². The van der Waals surface area contributed by atoms with Gasteiger partial charge in [0.15, 0.2) is 46.5 Å². The Kier molecular flexibility index (Phi) is 5.42. The molecule has 0 bridgehead atoms. The molecule has 0 aliphatic carbocycles. The van der Waals surface area contributed by atoms with Gasteiger partial charge < -0.3 is 0 Å². The summed E-state index contributed by atoms with van der Waals surface area (Å²) in [6.07, 6.45) is 0. The van der Waals surface area contributed by atoms with Crippen molar-refractivity contribution in [3.8, 4) is 22.3 Å². The van der Waals surface area contributed by atoms with E-state index in [1.165, 1.54) is 12.1 Å². The van der Waals surface area contributed by atoms with Gasteiger partial charge in [0.1, 0.15) is 5.82 Å². The number of rotatable bonds is 2. The molecule has 0 fully saturated rings. The zero-order valence-electron chi connectivity index (χ0n) is 17.4. The summed E-state index contributed by atoms with van der Waals surface area (Å²) in [7, 11) is 0. The summed E-state index contributed by atoms with van der Waals surface area (Å²) in [5.74, 6) is -20.1. The van der Waals surface area contributed by atoms with Crippen molar-refractivity contribution >= 4 is 21.5 Å². The van der Waals surface area contributed by atoms with Crippen molar-refractivity contribution in [2.24, 2.45) is 0 Å². The highest BCUT2D eigenvalue weighted by Gasteiger charge is 2.32. The highest BCUT2D eigenvalue weighted by molar-refractivity contribution is 6.21. The van der Waals surface area contributed by atoms with Crippen LogP contribution in [-0.2, 0) is 0 Å². The minimum Gasteiger partial charge on any atom is -0.206 e. The molecule has 0 nitrogen and oxygen atoms in total. The van der Waals surface area contributed by atoms with E-state index in [0.29, 0.717) is 0 Å². The van der Waals surface area contributed by atoms with E-state index in [2.05, 4.69) is 0 Å². The fourth-order valence-electron chi connectivity index (χ4n) is 4.33. The molecule has 0 saturated carbocycles. The molecule has 0 aromatic heterocycles. The molecule has 0 atom stereocenters. The van der Waals surface area contributed by atoms with E-state index in [9.17, 15) is 39.5 Å². The molecule has 0 saturated heterocycles. The van der Waals surface area contributed by atoms with Crippen LogP contribution in [0.4, 0.5) is 43.9 Å². The van der Waals surface area contributed by atoms with Crippen molar-refractivity contribution in [1.29, 1.82) is 0 Å². The predicted octanol–water partition coefficient (Wildman–Crippen LogP) is 8.72. The molecule has 0 aliphatic heterocycles. The summed E-state index contributed by atoms with van der Waals surface area (Å²) in [5.41, 5.74) is -4.15. The van der Waals surface area contributed by atoms with Crippen LogP contribution in [0, 0.1) is 58.2 Å². The van der Waals surface area contributed by atoms with Gasteiger partial charge in [0.2, 0.25) is 5.82 Å². The maximum absolute atomic E-state index is 15.2. The van der Waals surface area contributed by atoms with Crippen molar-refractivity contribution in [1.82, 2.24) is 0 Å². The van der Waals surface area contributed by atoms with Crippen LogP contribution in [0.1, 0.15) is 0 Å². The molecule has 0 spiro atoms. The monoisotopic (exact) mass is 510 g/mol. The number of hydrogen-bond donors (Lipinski definition) is 0. The Morgan fingerprint density at radius 3 is 1.33 bits per heavy atom. The lowest BCUT2D eigenvalue weighted by molar-refractivity contribution is 0.381. The Labute approximate surface area is 195 Å². The number of halogens is 10. The number of benzene rings is 5. The Balaban J connectivity index is 2.12. The second-order valence-electron chi connectivity index (χ2n) is 7.75. The Morgan fingerprint density at radius 2 is 0.778 bits per heavy atom. The van der Waals surface area contributed by atoms with Crippen LogP contribution in [0.25, 0.3) is 43.8 Å². The van der Waals surface area contributed by atoms with Crippen LogP contribution in [0.15, 0.2) is 48.5 Å². The van der Waals surface area contributed by atoms with Gasteiger partial charge in [0.25, 0.3) is 0 Å². The molecule has 0 radical (unpaired) electrons. The average Bonchev–Trinajstić information content (AvgIpc) is 2.86. The maximum atomic E-state index is 15.2. The lowest BCUT2D eigenvalue weighted by Crippen LogP contribution is -2.06. The largest absolute Gasteiger partial charge is 0.206 e. The third-order valence-electron chi connectivity index (χ3n) is 5.82. The van der Waals surface area contributed by atoms with E-state index in [1.54, 1.807) is 0 Å². The van der Waals surface area contributed by atoms with Gasteiger partial charge in [-0.15, -0.1) is 0 Å². The summed E-state index contributed by atoms with van der Waals surface area (Å²) in [4.78, 5) is 0. The van der Waals surface area contributed by atoms with Crippen molar-refractivity contribution in [3.05, 3.63) is 107 Å². The van der Waals surface area contributed by atoms with Gasteiger partial charge in [-0.05, 0) is 22.2 Å². The first-order valence-electron chi connectivity index (χ1n) is 10.0. The zero-order chi connectivity index (χ0) is 26.0. The second kappa shape index (κ2) is 8.25. The first-order chi connectivity index (χ1) is 17.1. The average molecular weight is 510 g/mol. The standard InChI is InChI=1S/C26H8F10/c27-12-7-3-6-11-15(18-20(30)13(28)8-14(29)21(18)31)9-4-1-2-5-10(9)17(16(11)12)19-22(32)24(34)26(36)25(35)23(19)33/h1-8H. The number of fused-ring (bicyclic) bond motifs is 2. The van der Waals surface area contributed by atoms with Crippen LogP contribution >= 0.6 is 0 Å². The zero-order valence-corrected chi connectivity index (χ0v) is 17.4. The summed E-state index contributed by atoms with van der Waals surface area (Å²) in [6.45, 7) is 0. The molecular weight excluding hydrogens is 502 g/mol. The van der Waals surface area contributed by atoms with Gasteiger partial charge in [-0.25, -0.2) is 43.9 Å². The summed E-state index contributed by atoms with van der Waals surface area (Å²) >= 11 is 0. The van der Waals surface area contributed by atoms with E-state index in [0.717, 1.165) is 30.3 Å². The molecular formula is C26H8F10. The van der Waals surface area contributed by atoms with Gasteiger partial charge in [0.05, 0.1) is 11.1 Å². The van der Waals surface area contributed by atoms with Gasteiger partial charge in [-0.2, -0.15) is 0 Å². The Bertz CT molecular complexity index is 1680. The molecule has 0 amide bonds. The maximum Gasteiger partial charge on any atom is 0.200 e. The quantitative estimate of drug-likeness (QED) is 0.0965. The molecule has 5 aromatic carbocycles.